The van der Waals surface area contributed by atoms with Gasteiger partial charge in [-0.05, 0) is 5.56 Å². The summed E-state index contributed by atoms with van der Waals surface area (Å²) in [5.41, 5.74) is 3.02. The van der Waals surface area contributed by atoms with E-state index in [4.69, 9.17) is 10.6 Å². The molecule has 0 radical (unpaired) electrons. The molecule has 1 heterocycles. The molecule has 1 fully saturated rings. The Bertz CT molecular complexity index is 458. The summed E-state index contributed by atoms with van der Waals surface area (Å²) in [6.45, 7) is 2.04. The molecule has 20 heavy (non-hydrogen) atoms. The number of carbonyl (C=O) groups is 2. The van der Waals surface area contributed by atoms with Crippen molar-refractivity contribution in [3.63, 3.8) is 0 Å². The van der Waals surface area contributed by atoms with E-state index >= 15 is 0 Å². The van der Waals surface area contributed by atoms with Crippen LogP contribution in [0.4, 0.5) is 9.59 Å². The van der Waals surface area contributed by atoms with Crippen LogP contribution in [0.15, 0.2) is 30.3 Å². The lowest BCUT2D eigenvalue weighted by molar-refractivity contribution is 0.0769. The number of hydrogen-bond acceptors (Lipinski definition) is 4. The number of carbonyl (C=O) groups excluding carboxylic acids is 2. The molecule has 0 unspecified atom stereocenters. The fraction of sp³-hybridized carbons (Fsp3) is 0.385. The molecule has 3 N–H and O–H groups in total. The van der Waals surface area contributed by atoms with Crippen LogP contribution in [0.25, 0.3) is 0 Å². The monoisotopic (exact) mass is 278 g/mol. The number of piperazine rings is 1. The maximum absolute atomic E-state index is 11.9. The summed E-state index contributed by atoms with van der Waals surface area (Å²) in [5, 5.41) is 0. The molecule has 7 heteroatoms. The standard InChI is InChI=1S/C13H18N4O3/c14-15-12(18)16-6-8-17(9-7-16)13(19)20-10-11-4-2-1-3-5-11/h1-5H,6-10,14H2,(H,15,18). The zero-order valence-electron chi connectivity index (χ0n) is 11.1. The second-order valence-electron chi connectivity index (χ2n) is 4.46. The van der Waals surface area contributed by atoms with Gasteiger partial charge < -0.3 is 14.5 Å². The van der Waals surface area contributed by atoms with Gasteiger partial charge in [0.05, 0.1) is 0 Å². The number of urea groups is 1. The van der Waals surface area contributed by atoms with Crippen LogP contribution in [-0.4, -0.2) is 48.1 Å². The predicted molar refractivity (Wildman–Crippen MR) is 72.5 cm³/mol. The van der Waals surface area contributed by atoms with Gasteiger partial charge in [-0.25, -0.2) is 15.4 Å². The van der Waals surface area contributed by atoms with Crippen molar-refractivity contribution >= 4 is 12.1 Å². The highest BCUT2D eigenvalue weighted by Gasteiger charge is 2.24. The normalized spacial score (nSPS) is 14.8. The molecule has 0 aliphatic carbocycles. The fourth-order valence-electron chi connectivity index (χ4n) is 1.99. The molecule has 0 aromatic heterocycles. The fourth-order valence-corrected chi connectivity index (χ4v) is 1.99. The minimum atomic E-state index is -0.360. The predicted octanol–water partition coefficient (Wildman–Crippen LogP) is 0.524. The van der Waals surface area contributed by atoms with E-state index in [1.165, 1.54) is 0 Å². The molecule has 2 rings (SSSR count). The van der Waals surface area contributed by atoms with Gasteiger partial charge in [-0.1, -0.05) is 30.3 Å². The molecule has 1 aromatic rings. The molecule has 1 aromatic carbocycles. The largest absolute Gasteiger partial charge is 0.445 e. The molecular formula is C13H18N4O3. The Morgan fingerprint density at radius 1 is 1.10 bits per heavy atom. The van der Waals surface area contributed by atoms with Crippen molar-refractivity contribution in [2.75, 3.05) is 26.2 Å². The minimum absolute atomic E-state index is 0.253. The van der Waals surface area contributed by atoms with Crippen LogP contribution in [0.3, 0.4) is 0 Å². The van der Waals surface area contributed by atoms with Gasteiger partial charge in [0.25, 0.3) is 0 Å². The van der Waals surface area contributed by atoms with Crippen molar-refractivity contribution < 1.29 is 14.3 Å². The molecule has 3 amide bonds. The van der Waals surface area contributed by atoms with Gasteiger partial charge in [-0.3, -0.25) is 5.43 Å². The van der Waals surface area contributed by atoms with E-state index in [2.05, 4.69) is 5.43 Å². The van der Waals surface area contributed by atoms with Crippen molar-refractivity contribution in [3.8, 4) is 0 Å². The van der Waals surface area contributed by atoms with Crippen LogP contribution in [0, 0.1) is 0 Å². The van der Waals surface area contributed by atoms with Crippen molar-refractivity contribution in [1.29, 1.82) is 0 Å². The highest BCUT2D eigenvalue weighted by molar-refractivity contribution is 5.74. The molecular weight excluding hydrogens is 260 g/mol. The van der Waals surface area contributed by atoms with E-state index in [9.17, 15) is 9.59 Å². The lowest BCUT2D eigenvalue weighted by Gasteiger charge is -2.33. The third kappa shape index (κ3) is 3.61. The van der Waals surface area contributed by atoms with Gasteiger partial charge in [0.1, 0.15) is 6.61 Å². The molecule has 7 nitrogen and oxygen atoms in total. The van der Waals surface area contributed by atoms with Crippen molar-refractivity contribution in [2.24, 2.45) is 5.84 Å². The van der Waals surface area contributed by atoms with Gasteiger partial charge in [-0.15, -0.1) is 0 Å². The highest BCUT2D eigenvalue weighted by atomic mass is 16.6. The number of nitrogens with zero attached hydrogens (tertiary/aromatic N) is 2. The Balaban J connectivity index is 1.76. The second-order valence-corrected chi connectivity index (χ2v) is 4.46. The van der Waals surface area contributed by atoms with Crippen LogP contribution in [0.1, 0.15) is 5.56 Å². The van der Waals surface area contributed by atoms with Gasteiger partial charge in [-0.2, -0.15) is 0 Å². The van der Waals surface area contributed by atoms with Crippen LogP contribution in [0.2, 0.25) is 0 Å². The van der Waals surface area contributed by atoms with E-state index in [1.807, 2.05) is 30.3 Å². The second kappa shape index (κ2) is 6.76. The summed E-state index contributed by atoms with van der Waals surface area (Å²) in [4.78, 5) is 26.3. The van der Waals surface area contributed by atoms with E-state index in [1.54, 1.807) is 9.80 Å². The molecule has 1 aliphatic heterocycles. The summed E-state index contributed by atoms with van der Waals surface area (Å²) in [6, 6.07) is 9.17. The third-order valence-electron chi connectivity index (χ3n) is 3.15. The third-order valence-corrected chi connectivity index (χ3v) is 3.15. The summed E-state index contributed by atoms with van der Waals surface area (Å²) in [6.07, 6.45) is -0.360. The lowest BCUT2D eigenvalue weighted by Crippen LogP contribution is -2.54. The average molecular weight is 278 g/mol. The van der Waals surface area contributed by atoms with Crippen molar-refractivity contribution in [3.05, 3.63) is 35.9 Å². The molecule has 1 aliphatic rings. The van der Waals surface area contributed by atoms with Crippen molar-refractivity contribution in [2.45, 2.75) is 6.61 Å². The van der Waals surface area contributed by atoms with Gasteiger partial charge in [0.15, 0.2) is 0 Å². The molecule has 108 valence electrons. The maximum atomic E-state index is 11.9. The lowest BCUT2D eigenvalue weighted by atomic mass is 10.2. The molecule has 1 saturated heterocycles. The number of hydrazine groups is 1. The summed E-state index contributed by atoms with van der Waals surface area (Å²) >= 11 is 0. The number of rotatable bonds is 2. The molecule has 0 atom stereocenters. The highest BCUT2D eigenvalue weighted by Crippen LogP contribution is 2.06. The van der Waals surface area contributed by atoms with Crippen LogP contribution < -0.4 is 11.3 Å². The number of amides is 3. The Morgan fingerprint density at radius 2 is 1.70 bits per heavy atom. The number of hydrogen-bond donors (Lipinski definition) is 2. The van der Waals surface area contributed by atoms with Crippen LogP contribution in [-0.2, 0) is 11.3 Å². The zero-order valence-corrected chi connectivity index (χ0v) is 11.1. The first kappa shape index (κ1) is 14.1. The Kier molecular flexibility index (Phi) is 4.78. The van der Waals surface area contributed by atoms with Crippen LogP contribution >= 0.6 is 0 Å². The molecule has 0 bridgehead atoms. The number of ether oxygens (including phenoxy) is 1. The number of benzene rings is 1. The summed E-state index contributed by atoms with van der Waals surface area (Å²) in [7, 11) is 0. The van der Waals surface area contributed by atoms with Gasteiger partial charge in [0, 0.05) is 26.2 Å². The maximum Gasteiger partial charge on any atom is 0.410 e. The first-order valence-electron chi connectivity index (χ1n) is 6.42. The number of nitrogens with two attached hydrogens (primary N) is 1. The van der Waals surface area contributed by atoms with E-state index in [-0.39, 0.29) is 18.7 Å². The first-order chi connectivity index (χ1) is 9.70. The van der Waals surface area contributed by atoms with Gasteiger partial charge in [0.2, 0.25) is 0 Å². The summed E-state index contributed by atoms with van der Waals surface area (Å²) < 4.78 is 5.23. The van der Waals surface area contributed by atoms with E-state index < -0.39 is 0 Å². The SMILES string of the molecule is NNC(=O)N1CCN(C(=O)OCc2ccccc2)CC1. The molecule has 0 saturated carbocycles. The van der Waals surface area contributed by atoms with Gasteiger partial charge >= 0.3 is 12.1 Å². The Hall–Kier alpha value is -2.28. The zero-order chi connectivity index (χ0) is 14.4. The quantitative estimate of drug-likeness (QED) is 0.469. The Labute approximate surface area is 117 Å². The van der Waals surface area contributed by atoms with Crippen LogP contribution in [0.5, 0.6) is 0 Å². The molecule has 0 spiro atoms. The topological polar surface area (TPSA) is 87.9 Å². The van der Waals surface area contributed by atoms with E-state index in [0.717, 1.165) is 5.56 Å². The Morgan fingerprint density at radius 3 is 2.30 bits per heavy atom. The minimum Gasteiger partial charge on any atom is -0.445 e. The van der Waals surface area contributed by atoms with E-state index in [0.29, 0.717) is 26.2 Å². The first-order valence-corrected chi connectivity index (χ1v) is 6.42. The summed E-state index contributed by atoms with van der Waals surface area (Å²) in [5.74, 6) is 5.06. The smallest absolute Gasteiger partial charge is 0.410 e. The van der Waals surface area contributed by atoms with Crippen molar-refractivity contribution in [1.82, 2.24) is 15.2 Å². The number of nitrogens with one attached hydrogen (secondary N) is 1. The average Bonchev–Trinajstić information content (AvgIpc) is 2.53.